The van der Waals surface area contributed by atoms with E-state index >= 15 is 0 Å². The first-order valence-corrected chi connectivity index (χ1v) is 13.2. The van der Waals surface area contributed by atoms with Crippen LogP contribution in [-0.2, 0) is 9.84 Å². The van der Waals surface area contributed by atoms with Gasteiger partial charge in [-0.15, -0.1) is 5.10 Å². The maximum absolute atomic E-state index is 11.5. The molecule has 0 amide bonds. The second-order valence-electron chi connectivity index (χ2n) is 9.28. The van der Waals surface area contributed by atoms with Crippen LogP contribution in [0.5, 0.6) is 5.88 Å². The van der Waals surface area contributed by atoms with Gasteiger partial charge in [0.2, 0.25) is 11.8 Å². The number of pyridine rings is 1. The van der Waals surface area contributed by atoms with Gasteiger partial charge in [0.1, 0.15) is 0 Å². The zero-order chi connectivity index (χ0) is 21.4. The second kappa shape index (κ2) is 8.41. The molecule has 0 unspecified atom stereocenters. The molecule has 3 aliphatic rings. The highest BCUT2D eigenvalue weighted by Gasteiger charge is 2.43. The molecule has 168 valence electrons. The first kappa shape index (κ1) is 20.7. The zero-order valence-electron chi connectivity index (χ0n) is 17.9. The van der Waals surface area contributed by atoms with Crippen molar-refractivity contribution in [3.05, 3.63) is 24.2 Å². The Labute approximate surface area is 183 Å². The lowest BCUT2D eigenvalue weighted by Crippen LogP contribution is -2.34. The van der Waals surface area contributed by atoms with Crippen LogP contribution in [0, 0.1) is 17.8 Å². The van der Waals surface area contributed by atoms with Crippen LogP contribution in [0.3, 0.4) is 0 Å². The van der Waals surface area contributed by atoms with Gasteiger partial charge in [-0.1, -0.05) is 11.5 Å². The van der Waals surface area contributed by atoms with Crippen LogP contribution in [0.4, 0.5) is 6.01 Å². The van der Waals surface area contributed by atoms with Crippen LogP contribution in [0.2, 0.25) is 0 Å². The molecule has 2 aromatic heterocycles. The van der Waals surface area contributed by atoms with Crippen molar-refractivity contribution < 1.29 is 17.6 Å². The number of anilines is 1. The molecule has 3 heterocycles. The predicted octanol–water partition coefficient (Wildman–Crippen LogP) is 3.46. The number of nitrogens with zero attached hydrogens (tertiary/aromatic N) is 4. The van der Waals surface area contributed by atoms with Gasteiger partial charge in [0.25, 0.3) is 0 Å². The third kappa shape index (κ3) is 4.71. The lowest BCUT2D eigenvalue weighted by atomic mass is 9.85. The van der Waals surface area contributed by atoms with Gasteiger partial charge in [-0.25, -0.2) is 13.4 Å². The molecule has 8 nitrogen and oxygen atoms in total. The number of hydrogen-bond donors (Lipinski definition) is 0. The van der Waals surface area contributed by atoms with Gasteiger partial charge in [0, 0.05) is 37.5 Å². The lowest BCUT2D eigenvalue weighted by Gasteiger charge is -2.31. The molecule has 1 saturated heterocycles. The Morgan fingerprint density at radius 1 is 1.16 bits per heavy atom. The van der Waals surface area contributed by atoms with E-state index in [9.17, 15) is 8.42 Å². The van der Waals surface area contributed by atoms with E-state index in [-0.39, 0.29) is 4.90 Å². The summed E-state index contributed by atoms with van der Waals surface area (Å²) >= 11 is 0. The molecule has 31 heavy (non-hydrogen) atoms. The summed E-state index contributed by atoms with van der Waals surface area (Å²) in [7, 11) is -3.22. The van der Waals surface area contributed by atoms with Gasteiger partial charge >= 0.3 is 6.01 Å². The van der Waals surface area contributed by atoms with Gasteiger partial charge in [-0.2, -0.15) is 0 Å². The minimum atomic E-state index is -3.22. The number of piperidine rings is 1. The maximum Gasteiger partial charge on any atom is 0.318 e. The number of rotatable bonds is 8. The van der Waals surface area contributed by atoms with E-state index in [1.54, 1.807) is 12.1 Å². The lowest BCUT2D eigenvalue weighted by molar-refractivity contribution is 0.274. The summed E-state index contributed by atoms with van der Waals surface area (Å²) in [4.78, 5) is 6.57. The number of aromatic nitrogens is 3. The normalized spacial score (nSPS) is 24.7. The molecule has 0 N–H and O–H groups in total. The van der Waals surface area contributed by atoms with Crippen molar-refractivity contribution in [1.29, 1.82) is 0 Å². The second-order valence-corrected chi connectivity index (χ2v) is 11.3. The molecule has 0 bridgehead atoms. The van der Waals surface area contributed by atoms with Crippen molar-refractivity contribution in [1.82, 2.24) is 15.2 Å². The van der Waals surface area contributed by atoms with E-state index in [0.29, 0.717) is 24.4 Å². The number of hydrogen-bond acceptors (Lipinski definition) is 8. The summed E-state index contributed by atoms with van der Waals surface area (Å²) in [6.07, 6.45) is 10.8. The molecule has 0 aromatic carbocycles. The van der Waals surface area contributed by atoms with E-state index in [4.69, 9.17) is 9.15 Å². The number of sulfone groups is 1. The van der Waals surface area contributed by atoms with Crippen molar-refractivity contribution >= 4 is 15.9 Å². The summed E-state index contributed by atoms with van der Waals surface area (Å²) in [5, 5.41) is 8.54. The first-order valence-electron chi connectivity index (χ1n) is 11.3. The standard InChI is InChI=1S/C22H30N4O4S/c1-31(27,28)18-5-6-20(23-14-18)29-12-9-17-13-19(17)15-7-10-26(11-8-15)22-25-24-21(30-22)16-3-2-4-16/h5-6,14-17,19H,2-4,7-13H2,1H3/t17-,19-/m1/s1. The largest absolute Gasteiger partial charge is 0.478 e. The summed E-state index contributed by atoms with van der Waals surface area (Å²) in [5.41, 5.74) is 0. The Balaban J connectivity index is 1.03. The van der Waals surface area contributed by atoms with Crippen molar-refractivity contribution in [2.75, 3.05) is 30.9 Å². The van der Waals surface area contributed by atoms with Crippen LogP contribution >= 0.6 is 0 Å². The topological polar surface area (TPSA) is 98.4 Å². The van der Waals surface area contributed by atoms with Gasteiger partial charge < -0.3 is 14.1 Å². The quantitative estimate of drug-likeness (QED) is 0.608. The van der Waals surface area contributed by atoms with Crippen LogP contribution in [-0.4, -0.2) is 49.6 Å². The molecule has 1 aliphatic heterocycles. The zero-order valence-corrected chi connectivity index (χ0v) is 18.8. The Bertz CT molecular complexity index is 995. The fourth-order valence-corrected chi connectivity index (χ4v) is 5.42. The first-order chi connectivity index (χ1) is 15.0. The van der Waals surface area contributed by atoms with Gasteiger partial charge in [-0.05, 0) is 62.3 Å². The minimum Gasteiger partial charge on any atom is -0.478 e. The van der Waals surface area contributed by atoms with E-state index in [1.165, 1.54) is 51.0 Å². The Kier molecular flexibility index (Phi) is 5.62. The molecule has 2 saturated carbocycles. The molecule has 2 atom stereocenters. The summed E-state index contributed by atoms with van der Waals surface area (Å²) in [6, 6.07) is 3.88. The highest BCUT2D eigenvalue weighted by molar-refractivity contribution is 7.90. The van der Waals surface area contributed by atoms with Gasteiger partial charge in [-0.3, -0.25) is 0 Å². The van der Waals surface area contributed by atoms with Gasteiger partial charge in [0.05, 0.1) is 11.5 Å². The molecule has 9 heteroatoms. The fraction of sp³-hybridized carbons (Fsp3) is 0.682. The van der Waals surface area contributed by atoms with E-state index in [0.717, 1.165) is 43.2 Å². The van der Waals surface area contributed by atoms with E-state index in [2.05, 4.69) is 20.1 Å². The molecule has 0 spiro atoms. The highest BCUT2D eigenvalue weighted by Crippen LogP contribution is 2.50. The van der Waals surface area contributed by atoms with Crippen LogP contribution in [0.1, 0.15) is 56.8 Å². The van der Waals surface area contributed by atoms with Crippen molar-refractivity contribution in [2.45, 2.75) is 55.8 Å². The Morgan fingerprint density at radius 3 is 2.61 bits per heavy atom. The maximum atomic E-state index is 11.5. The molecular formula is C22H30N4O4S. The molecule has 5 rings (SSSR count). The van der Waals surface area contributed by atoms with Crippen molar-refractivity contribution in [3.8, 4) is 5.88 Å². The Hall–Kier alpha value is -2.16. The SMILES string of the molecule is CS(=O)(=O)c1ccc(OCC[C@@H]2C[C@@H]2C2CCN(c3nnc(C4CCC4)o3)CC2)nc1. The number of ether oxygens (including phenoxy) is 1. The van der Waals surface area contributed by atoms with E-state index in [1.807, 2.05) is 0 Å². The third-order valence-corrected chi connectivity index (χ3v) is 8.25. The van der Waals surface area contributed by atoms with Crippen LogP contribution in [0.15, 0.2) is 27.6 Å². The third-order valence-electron chi connectivity index (χ3n) is 7.15. The van der Waals surface area contributed by atoms with Crippen LogP contribution < -0.4 is 9.64 Å². The average Bonchev–Trinajstić information content (AvgIpc) is 3.33. The van der Waals surface area contributed by atoms with Crippen molar-refractivity contribution in [2.24, 2.45) is 17.8 Å². The highest BCUT2D eigenvalue weighted by atomic mass is 32.2. The average molecular weight is 447 g/mol. The summed E-state index contributed by atoms with van der Waals surface area (Å²) in [6.45, 7) is 2.61. The molecular weight excluding hydrogens is 416 g/mol. The molecule has 2 aromatic rings. The van der Waals surface area contributed by atoms with Crippen LogP contribution in [0.25, 0.3) is 0 Å². The van der Waals surface area contributed by atoms with Gasteiger partial charge in [0.15, 0.2) is 9.84 Å². The Morgan fingerprint density at radius 2 is 1.97 bits per heavy atom. The summed E-state index contributed by atoms with van der Waals surface area (Å²) < 4.78 is 34.6. The molecule has 0 radical (unpaired) electrons. The fourth-order valence-electron chi connectivity index (χ4n) is 4.86. The minimum absolute atomic E-state index is 0.216. The monoisotopic (exact) mass is 446 g/mol. The predicted molar refractivity (Wildman–Crippen MR) is 115 cm³/mol. The molecule has 2 aliphatic carbocycles. The summed E-state index contributed by atoms with van der Waals surface area (Å²) in [5.74, 6) is 4.08. The van der Waals surface area contributed by atoms with Crippen molar-refractivity contribution in [3.63, 3.8) is 0 Å². The van der Waals surface area contributed by atoms with E-state index < -0.39 is 9.84 Å². The smallest absolute Gasteiger partial charge is 0.318 e. The molecule has 3 fully saturated rings.